The monoisotopic (exact) mass is 287 g/mol. The number of carboxylic acid groups (broad SMARTS) is 1. The van der Waals surface area contributed by atoms with Crippen molar-refractivity contribution in [3.63, 3.8) is 0 Å². The van der Waals surface area contributed by atoms with E-state index in [0.717, 1.165) is 25.9 Å². The van der Waals surface area contributed by atoms with Gasteiger partial charge in [0, 0.05) is 19.0 Å². The van der Waals surface area contributed by atoms with Crippen LogP contribution in [0, 0.1) is 0 Å². The zero-order chi connectivity index (χ0) is 14.7. The van der Waals surface area contributed by atoms with Crippen LogP contribution in [0.3, 0.4) is 0 Å². The normalized spacial score (nSPS) is 22.2. The van der Waals surface area contributed by atoms with E-state index in [1.54, 1.807) is 0 Å². The third kappa shape index (κ3) is 3.65. The molecule has 21 heavy (non-hydrogen) atoms. The number of carboxylic acids is 1. The lowest BCUT2D eigenvalue weighted by molar-refractivity contribution is -0.137. The fourth-order valence-corrected chi connectivity index (χ4v) is 3.84. The van der Waals surface area contributed by atoms with Gasteiger partial charge in [-0.05, 0) is 61.8 Å². The first-order valence-corrected chi connectivity index (χ1v) is 8.29. The molecule has 3 rings (SSSR count). The fraction of sp³-hybridized carbons (Fsp3) is 0.611. The van der Waals surface area contributed by atoms with Crippen molar-refractivity contribution in [2.45, 2.75) is 64.0 Å². The van der Waals surface area contributed by atoms with E-state index in [0.29, 0.717) is 12.5 Å². The van der Waals surface area contributed by atoms with Crippen LogP contribution in [0.4, 0.5) is 0 Å². The van der Waals surface area contributed by atoms with Crippen LogP contribution in [0.15, 0.2) is 18.2 Å². The summed E-state index contributed by atoms with van der Waals surface area (Å²) in [6.07, 6.45) is 8.49. The van der Waals surface area contributed by atoms with Crippen molar-refractivity contribution < 1.29 is 9.90 Å². The van der Waals surface area contributed by atoms with Crippen LogP contribution in [-0.2, 0) is 24.2 Å². The van der Waals surface area contributed by atoms with Gasteiger partial charge in [-0.1, -0.05) is 24.6 Å². The number of benzene rings is 1. The third-order valence-corrected chi connectivity index (χ3v) is 4.99. The average molecular weight is 287 g/mol. The summed E-state index contributed by atoms with van der Waals surface area (Å²) in [5.74, 6) is -0.668. The Morgan fingerprint density at radius 2 is 2.05 bits per heavy atom. The molecular formula is C18H25NO2. The maximum atomic E-state index is 10.8. The van der Waals surface area contributed by atoms with Crippen LogP contribution in [0.1, 0.15) is 55.2 Å². The lowest BCUT2D eigenvalue weighted by Crippen LogP contribution is -2.39. The average Bonchev–Trinajstić information content (AvgIpc) is 2.94. The molecule has 1 fully saturated rings. The van der Waals surface area contributed by atoms with Gasteiger partial charge in [-0.3, -0.25) is 9.69 Å². The van der Waals surface area contributed by atoms with Crippen LogP contribution < -0.4 is 0 Å². The lowest BCUT2D eigenvalue weighted by atomic mass is 9.96. The molecule has 0 amide bonds. The predicted molar refractivity (Wildman–Crippen MR) is 83.4 cm³/mol. The van der Waals surface area contributed by atoms with E-state index >= 15 is 0 Å². The van der Waals surface area contributed by atoms with Crippen molar-refractivity contribution in [3.05, 3.63) is 34.9 Å². The number of nitrogens with zero attached hydrogens (tertiary/aromatic N) is 1. The Morgan fingerprint density at radius 3 is 2.90 bits per heavy atom. The maximum absolute atomic E-state index is 10.8. The van der Waals surface area contributed by atoms with E-state index in [-0.39, 0.29) is 0 Å². The van der Waals surface area contributed by atoms with Gasteiger partial charge in [0.05, 0.1) is 0 Å². The van der Waals surface area contributed by atoms with Gasteiger partial charge in [0.1, 0.15) is 0 Å². The van der Waals surface area contributed by atoms with Crippen molar-refractivity contribution in [3.8, 4) is 0 Å². The first kappa shape index (κ1) is 14.6. The first-order valence-electron chi connectivity index (χ1n) is 8.29. The number of likely N-dealkylation sites (tertiary alicyclic amines) is 1. The van der Waals surface area contributed by atoms with Crippen LogP contribution in [0.5, 0.6) is 0 Å². The highest BCUT2D eigenvalue weighted by atomic mass is 16.4. The molecule has 1 N–H and O–H groups in total. The van der Waals surface area contributed by atoms with Crippen LogP contribution in [0.2, 0.25) is 0 Å². The van der Waals surface area contributed by atoms with Crippen molar-refractivity contribution in [1.82, 2.24) is 4.90 Å². The van der Waals surface area contributed by atoms with Gasteiger partial charge in [-0.2, -0.15) is 0 Å². The molecule has 3 heteroatoms. The lowest BCUT2D eigenvalue weighted by Gasteiger charge is -2.35. The number of piperidine rings is 1. The SMILES string of the molecule is O=C(O)CCC1CCCCN1Cc1ccc2c(c1)CCC2. The number of fused-ring (bicyclic) bond motifs is 1. The number of hydrogen-bond donors (Lipinski definition) is 1. The summed E-state index contributed by atoms with van der Waals surface area (Å²) in [7, 11) is 0. The smallest absolute Gasteiger partial charge is 0.303 e. The molecule has 1 saturated heterocycles. The van der Waals surface area contributed by atoms with Gasteiger partial charge in [-0.15, -0.1) is 0 Å². The molecule has 1 unspecified atom stereocenters. The second-order valence-corrected chi connectivity index (χ2v) is 6.51. The second-order valence-electron chi connectivity index (χ2n) is 6.51. The zero-order valence-corrected chi connectivity index (χ0v) is 12.7. The molecule has 2 aliphatic rings. The minimum Gasteiger partial charge on any atom is -0.481 e. The molecule has 1 atom stereocenters. The van der Waals surface area contributed by atoms with Gasteiger partial charge in [0.2, 0.25) is 0 Å². The molecule has 1 heterocycles. The zero-order valence-electron chi connectivity index (χ0n) is 12.7. The van der Waals surface area contributed by atoms with Crippen molar-refractivity contribution in [2.75, 3.05) is 6.54 Å². The first-order chi connectivity index (χ1) is 10.2. The fourth-order valence-electron chi connectivity index (χ4n) is 3.84. The Kier molecular flexibility index (Phi) is 4.59. The molecule has 0 saturated carbocycles. The summed E-state index contributed by atoms with van der Waals surface area (Å²) < 4.78 is 0. The molecule has 0 spiro atoms. The minimum absolute atomic E-state index is 0.297. The summed E-state index contributed by atoms with van der Waals surface area (Å²) in [6, 6.07) is 7.40. The highest BCUT2D eigenvalue weighted by molar-refractivity contribution is 5.66. The Hall–Kier alpha value is -1.35. The van der Waals surface area contributed by atoms with Gasteiger partial charge < -0.3 is 5.11 Å². The van der Waals surface area contributed by atoms with Gasteiger partial charge in [-0.25, -0.2) is 0 Å². The second kappa shape index (κ2) is 6.61. The Balaban J connectivity index is 1.65. The van der Waals surface area contributed by atoms with Crippen molar-refractivity contribution >= 4 is 5.97 Å². The third-order valence-electron chi connectivity index (χ3n) is 4.99. The molecule has 0 aromatic heterocycles. The van der Waals surface area contributed by atoms with E-state index in [1.807, 2.05) is 0 Å². The number of rotatable bonds is 5. The Labute approximate surface area is 127 Å². The van der Waals surface area contributed by atoms with Crippen LogP contribution in [-0.4, -0.2) is 28.6 Å². The predicted octanol–water partition coefficient (Wildman–Crippen LogP) is 3.39. The summed E-state index contributed by atoms with van der Waals surface area (Å²) in [6.45, 7) is 2.10. The Bertz CT molecular complexity index is 512. The minimum atomic E-state index is -0.668. The van der Waals surface area contributed by atoms with E-state index < -0.39 is 5.97 Å². The number of hydrogen-bond acceptors (Lipinski definition) is 2. The van der Waals surface area contributed by atoms with Crippen LogP contribution >= 0.6 is 0 Å². The molecule has 0 radical (unpaired) electrons. The van der Waals surface area contributed by atoms with Gasteiger partial charge in [0.15, 0.2) is 0 Å². The molecule has 0 bridgehead atoms. The highest BCUT2D eigenvalue weighted by Gasteiger charge is 2.23. The van der Waals surface area contributed by atoms with E-state index in [2.05, 4.69) is 23.1 Å². The van der Waals surface area contributed by atoms with Crippen LogP contribution in [0.25, 0.3) is 0 Å². The molecule has 3 nitrogen and oxygen atoms in total. The quantitative estimate of drug-likeness (QED) is 0.902. The van der Waals surface area contributed by atoms with Gasteiger partial charge >= 0.3 is 5.97 Å². The summed E-state index contributed by atoms with van der Waals surface area (Å²) >= 11 is 0. The summed E-state index contributed by atoms with van der Waals surface area (Å²) in [5, 5.41) is 8.91. The molecule has 114 valence electrons. The highest BCUT2D eigenvalue weighted by Crippen LogP contribution is 2.26. The number of aliphatic carboxylic acids is 1. The topological polar surface area (TPSA) is 40.5 Å². The summed E-state index contributed by atoms with van der Waals surface area (Å²) in [5.41, 5.74) is 4.46. The standard InChI is InChI=1S/C18H25NO2/c20-18(21)10-9-17-6-1-2-11-19(17)13-14-7-8-15-4-3-5-16(15)12-14/h7-8,12,17H,1-6,9-11,13H2,(H,20,21). The Morgan fingerprint density at radius 1 is 1.19 bits per heavy atom. The number of carbonyl (C=O) groups is 1. The van der Waals surface area contributed by atoms with Crippen molar-refractivity contribution in [2.24, 2.45) is 0 Å². The molecular weight excluding hydrogens is 262 g/mol. The molecule has 1 aromatic rings. The summed E-state index contributed by atoms with van der Waals surface area (Å²) in [4.78, 5) is 13.3. The van der Waals surface area contributed by atoms with E-state index in [4.69, 9.17) is 5.11 Å². The molecule has 1 aliphatic heterocycles. The molecule has 1 aliphatic carbocycles. The largest absolute Gasteiger partial charge is 0.481 e. The number of aryl methyl sites for hydroxylation is 2. The maximum Gasteiger partial charge on any atom is 0.303 e. The van der Waals surface area contributed by atoms with E-state index in [1.165, 1.54) is 48.8 Å². The molecule has 1 aromatic carbocycles. The van der Waals surface area contributed by atoms with E-state index in [9.17, 15) is 4.79 Å². The van der Waals surface area contributed by atoms with Crippen molar-refractivity contribution in [1.29, 1.82) is 0 Å². The van der Waals surface area contributed by atoms with Gasteiger partial charge in [0.25, 0.3) is 0 Å².